The summed E-state index contributed by atoms with van der Waals surface area (Å²) in [4.78, 5) is 16.5. The molecule has 214 valence electrons. The van der Waals surface area contributed by atoms with Crippen LogP contribution in [0.3, 0.4) is 0 Å². The molecule has 2 aromatic carbocycles. The number of aliphatic hydroxyl groups is 1. The van der Waals surface area contributed by atoms with E-state index in [9.17, 15) is 28.4 Å². The van der Waals surface area contributed by atoms with Crippen molar-refractivity contribution in [3.63, 3.8) is 0 Å². The maximum absolute atomic E-state index is 12.3. The summed E-state index contributed by atoms with van der Waals surface area (Å²) in [5.74, 6) is 0.446. The van der Waals surface area contributed by atoms with Gasteiger partial charge in [-0.1, -0.05) is 12.1 Å². The summed E-state index contributed by atoms with van der Waals surface area (Å²) >= 11 is 0. The molecule has 3 aromatic rings. The minimum absolute atomic E-state index is 0.228. The quantitative estimate of drug-likeness (QED) is 0.278. The van der Waals surface area contributed by atoms with Crippen LogP contribution in [0.25, 0.3) is 0 Å². The summed E-state index contributed by atoms with van der Waals surface area (Å²) in [6, 6.07) is 13.4. The molecule has 5 rings (SSSR count). The summed E-state index contributed by atoms with van der Waals surface area (Å²) in [5.41, 5.74) is 1.63. The number of anilines is 1. The lowest BCUT2D eigenvalue weighted by Crippen LogP contribution is -2.34. The van der Waals surface area contributed by atoms with E-state index in [1.807, 2.05) is 24.3 Å². The monoisotopic (exact) mass is 562 g/mol. The second kappa shape index (κ2) is 11.6. The van der Waals surface area contributed by atoms with Crippen molar-refractivity contribution in [3.05, 3.63) is 70.4 Å². The molecule has 1 aromatic heterocycles. The van der Waals surface area contributed by atoms with Gasteiger partial charge in [-0.3, -0.25) is 4.57 Å². The minimum Gasteiger partial charge on any atom is -0.490 e. The first kappa shape index (κ1) is 27.6. The molecule has 10 nitrogen and oxygen atoms in total. The molecule has 0 aliphatic carbocycles. The van der Waals surface area contributed by atoms with Gasteiger partial charge in [0, 0.05) is 36.7 Å². The Morgan fingerprint density at radius 2 is 1.73 bits per heavy atom. The lowest BCUT2D eigenvalue weighted by atomic mass is 9.89. The predicted octanol–water partition coefficient (Wildman–Crippen LogP) is 5.26. The fraction of sp³-hybridized carbons (Fsp3) is 0.444. The van der Waals surface area contributed by atoms with Crippen LogP contribution >= 0.6 is 0 Å². The second-order valence-electron chi connectivity index (χ2n) is 9.96. The molecule has 0 radical (unpaired) electrons. The number of rotatable bonds is 9. The SMILES string of the molecule is O=[N+]([O-])c1cn2c(n1)O[C@@H](COc1ccc(N3CCC(CC(O)c4ccc(OC(F)(F)F)cc4)CC3)cc1)CC2. The fourth-order valence-corrected chi connectivity index (χ4v) is 5.05. The first-order valence-electron chi connectivity index (χ1n) is 13.0. The lowest BCUT2D eigenvalue weighted by molar-refractivity contribution is -0.389. The third-order valence-electron chi connectivity index (χ3n) is 7.19. The summed E-state index contributed by atoms with van der Waals surface area (Å²) < 4.78 is 54.2. The van der Waals surface area contributed by atoms with Gasteiger partial charge in [0.25, 0.3) is 0 Å². The standard InChI is InChI=1S/C27H29F3N4O6/c28-27(29,30)40-22-5-1-19(2-6-22)24(35)15-18-9-12-32(13-10-18)20-3-7-21(8-4-20)38-17-23-11-14-33-16-25(34(36)37)31-26(33)39-23/h1-8,16,18,23-24,35H,9-15,17H2/t23-,24?/m1/s1. The Morgan fingerprint density at radius 1 is 1.05 bits per heavy atom. The van der Waals surface area contributed by atoms with E-state index < -0.39 is 17.4 Å². The largest absolute Gasteiger partial charge is 0.573 e. The van der Waals surface area contributed by atoms with E-state index in [1.54, 1.807) is 4.57 Å². The lowest BCUT2D eigenvalue weighted by Gasteiger charge is -2.34. The van der Waals surface area contributed by atoms with Crippen molar-refractivity contribution in [1.29, 1.82) is 0 Å². The maximum atomic E-state index is 12.3. The number of ether oxygens (including phenoxy) is 3. The van der Waals surface area contributed by atoms with Gasteiger partial charge in [-0.15, -0.1) is 13.2 Å². The molecule has 1 unspecified atom stereocenters. The second-order valence-corrected chi connectivity index (χ2v) is 9.96. The highest BCUT2D eigenvalue weighted by Gasteiger charge is 2.31. The van der Waals surface area contributed by atoms with Crippen LogP contribution in [0.4, 0.5) is 24.7 Å². The van der Waals surface area contributed by atoms with Gasteiger partial charge in [0.15, 0.2) is 0 Å². The normalized spacial score (nSPS) is 18.5. The van der Waals surface area contributed by atoms with Gasteiger partial charge in [0.05, 0.1) is 6.10 Å². The number of hydrogen-bond donors (Lipinski definition) is 1. The Bertz CT molecular complexity index is 1290. The number of aromatic nitrogens is 2. The highest BCUT2D eigenvalue weighted by molar-refractivity contribution is 5.49. The predicted molar refractivity (Wildman–Crippen MR) is 137 cm³/mol. The maximum Gasteiger partial charge on any atom is 0.573 e. The Kier molecular flexibility index (Phi) is 8.01. The zero-order chi connectivity index (χ0) is 28.3. The van der Waals surface area contributed by atoms with Gasteiger partial charge in [0.1, 0.15) is 30.4 Å². The third-order valence-corrected chi connectivity index (χ3v) is 7.19. The van der Waals surface area contributed by atoms with E-state index in [4.69, 9.17) is 9.47 Å². The van der Waals surface area contributed by atoms with Crippen LogP contribution in [0.5, 0.6) is 17.5 Å². The van der Waals surface area contributed by atoms with Gasteiger partial charge in [-0.25, -0.2) is 0 Å². The molecule has 1 saturated heterocycles. The molecular weight excluding hydrogens is 533 g/mol. The van der Waals surface area contributed by atoms with Crippen molar-refractivity contribution in [1.82, 2.24) is 9.55 Å². The van der Waals surface area contributed by atoms with E-state index in [2.05, 4.69) is 14.6 Å². The first-order valence-corrected chi connectivity index (χ1v) is 13.0. The highest BCUT2D eigenvalue weighted by Crippen LogP contribution is 2.32. The zero-order valence-electron chi connectivity index (χ0n) is 21.5. The Hall–Kier alpha value is -4.00. The number of imidazole rings is 1. The van der Waals surface area contributed by atoms with Crippen LogP contribution in [0.1, 0.15) is 37.4 Å². The molecule has 13 heteroatoms. The highest BCUT2D eigenvalue weighted by atomic mass is 19.4. The molecule has 0 bridgehead atoms. The number of hydrogen-bond acceptors (Lipinski definition) is 8. The number of fused-ring (bicyclic) bond motifs is 1. The Morgan fingerprint density at radius 3 is 2.38 bits per heavy atom. The van der Waals surface area contributed by atoms with Crippen LogP contribution in [0.2, 0.25) is 0 Å². The van der Waals surface area contributed by atoms with Crippen LogP contribution in [-0.2, 0) is 6.54 Å². The van der Waals surface area contributed by atoms with E-state index in [0.29, 0.717) is 43.2 Å². The van der Waals surface area contributed by atoms with E-state index in [-0.39, 0.29) is 23.7 Å². The molecule has 2 aliphatic heterocycles. The van der Waals surface area contributed by atoms with Crippen LogP contribution in [0, 0.1) is 16.0 Å². The molecule has 0 saturated carbocycles. The van der Waals surface area contributed by atoms with Gasteiger partial charge in [-0.2, -0.15) is 0 Å². The molecular formula is C27H29F3N4O6. The fourth-order valence-electron chi connectivity index (χ4n) is 5.05. The summed E-state index contributed by atoms with van der Waals surface area (Å²) in [6.45, 7) is 2.51. The van der Waals surface area contributed by atoms with E-state index in [0.717, 1.165) is 31.6 Å². The van der Waals surface area contributed by atoms with Crippen molar-refractivity contribution in [2.24, 2.45) is 5.92 Å². The molecule has 2 atom stereocenters. The topological polar surface area (TPSA) is 112 Å². The molecule has 1 N–H and O–H groups in total. The van der Waals surface area contributed by atoms with Crippen molar-refractivity contribution in [2.75, 3.05) is 24.6 Å². The molecule has 40 heavy (non-hydrogen) atoms. The number of aryl methyl sites for hydroxylation is 1. The van der Waals surface area contributed by atoms with Crippen LogP contribution in [-0.4, -0.2) is 51.7 Å². The van der Waals surface area contributed by atoms with Crippen molar-refractivity contribution >= 4 is 11.5 Å². The van der Waals surface area contributed by atoms with E-state index in [1.165, 1.54) is 30.5 Å². The average Bonchev–Trinajstić information content (AvgIpc) is 3.36. The summed E-state index contributed by atoms with van der Waals surface area (Å²) in [7, 11) is 0. The van der Waals surface area contributed by atoms with Crippen molar-refractivity contribution < 1.29 is 37.4 Å². The Labute approximate surface area is 228 Å². The first-order chi connectivity index (χ1) is 19.1. The van der Waals surface area contributed by atoms with E-state index >= 15 is 0 Å². The average molecular weight is 563 g/mol. The number of aliphatic hydroxyl groups excluding tert-OH is 1. The number of benzene rings is 2. The number of piperidine rings is 1. The van der Waals surface area contributed by atoms with Crippen molar-refractivity contribution in [3.8, 4) is 17.5 Å². The van der Waals surface area contributed by atoms with Crippen LogP contribution in [0.15, 0.2) is 54.7 Å². The van der Waals surface area contributed by atoms with Gasteiger partial charge in [0.2, 0.25) is 0 Å². The number of halogens is 3. The minimum atomic E-state index is -4.74. The van der Waals surface area contributed by atoms with Crippen LogP contribution < -0.4 is 19.1 Å². The molecule has 0 spiro atoms. The van der Waals surface area contributed by atoms with Crippen molar-refractivity contribution in [2.45, 2.75) is 50.8 Å². The summed E-state index contributed by atoms with van der Waals surface area (Å²) in [6.07, 6.45) is -1.42. The third kappa shape index (κ3) is 6.95. The molecule has 2 aliphatic rings. The summed E-state index contributed by atoms with van der Waals surface area (Å²) in [5, 5.41) is 21.5. The van der Waals surface area contributed by atoms with Gasteiger partial charge in [-0.05, 0) is 72.1 Å². The van der Waals surface area contributed by atoms with Gasteiger partial charge < -0.3 is 34.3 Å². The molecule has 3 heterocycles. The molecule has 1 fully saturated rings. The number of nitro groups is 1. The Balaban J connectivity index is 1.05. The van der Waals surface area contributed by atoms with Gasteiger partial charge >= 0.3 is 18.2 Å². The number of nitrogens with zero attached hydrogens (tertiary/aromatic N) is 4. The number of alkyl halides is 3. The smallest absolute Gasteiger partial charge is 0.490 e. The molecule has 0 amide bonds. The zero-order valence-corrected chi connectivity index (χ0v) is 21.5.